The fourth-order valence-electron chi connectivity index (χ4n) is 1.35. The molecule has 0 bridgehead atoms. The van der Waals surface area contributed by atoms with Crippen molar-refractivity contribution < 1.29 is 14.8 Å². The highest BCUT2D eigenvalue weighted by molar-refractivity contribution is 7.80. The number of nitro groups is 1. The van der Waals surface area contributed by atoms with Gasteiger partial charge in [0.05, 0.1) is 18.2 Å². The van der Waals surface area contributed by atoms with E-state index in [-0.39, 0.29) is 10.9 Å². The number of phenols is 1. The third kappa shape index (κ3) is 4.73. The summed E-state index contributed by atoms with van der Waals surface area (Å²) in [6.45, 7) is 4.01. The van der Waals surface area contributed by atoms with E-state index in [4.69, 9.17) is 17.0 Å². The van der Waals surface area contributed by atoms with E-state index in [9.17, 15) is 15.2 Å². The lowest BCUT2D eigenvalue weighted by atomic mass is 10.2. The van der Waals surface area contributed by atoms with Crippen LogP contribution in [0.4, 0.5) is 5.69 Å². The average Bonchev–Trinajstić information content (AvgIpc) is 2.46. The maximum Gasteiger partial charge on any atom is 0.315 e. The van der Waals surface area contributed by atoms with E-state index in [0.717, 1.165) is 0 Å². The lowest BCUT2D eigenvalue weighted by molar-refractivity contribution is -0.386. The van der Waals surface area contributed by atoms with Crippen molar-refractivity contribution in [2.75, 3.05) is 13.7 Å². The number of nitro benzene ring substituents is 1. The second-order valence-electron chi connectivity index (χ2n) is 3.72. The molecule has 8 nitrogen and oxygen atoms in total. The standard InChI is InChI=1S/C12H14N4O4S/c1-3-4-13-12(21)15-14-7-8-5-9(16(18)19)11(17)10(6-8)20-2/h3,5-7,17H,1,4H2,2H3,(H2,13,15,21)/b14-7+. The average molecular weight is 310 g/mol. The smallest absolute Gasteiger partial charge is 0.315 e. The number of nitrogens with zero attached hydrogens (tertiary/aromatic N) is 2. The molecule has 1 aromatic carbocycles. The quantitative estimate of drug-likeness (QED) is 0.239. The molecule has 0 fully saturated rings. The van der Waals surface area contributed by atoms with Crippen LogP contribution in [0.2, 0.25) is 0 Å². The highest BCUT2D eigenvalue weighted by Gasteiger charge is 2.19. The van der Waals surface area contributed by atoms with E-state index in [1.807, 2.05) is 0 Å². The van der Waals surface area contributed by atoms with Gasteiger partial charge in [0.1, 0.15) is 0 Å². The molecule has 3 N–H and O–H groups in total. The highest BCUT2D eigenvalue weighted by Crippen LogP contribution is 2.36. The Kier molecular flexibility index (Phi) is 6.08. The molecule has 1 aromatic rings. The minimum Gasteiger partial charge on any atom is -0.500 e. The summed E-state index contributed by atoms with van der Waals surface area (Å²) in [6.07, 6.45) is 2.95. The second-order valence-corrected chi connectivity index (χ2v) is 4.12. The summed E-state index contributed by atoms with van der Waals surface area (Å²) in [5.41, 5.74) is 2.44. The first kappa shape index (κ1) is 16.4. The summed E-state index contributed by atoms with van der Waals surface area (Å²) in [5, 5.41) is 27.4. The van der Waals surface area contributed by atoms with Gasteiger partial charge in [-0.1, -0.05) is 6.08 Å². The molecule has 0 aliphatic heterocycles. The van der Waals surface area contributed by atoms with Crippen molar-refractivity contribution in [3.05, 3.63) is 40.5 Å². The van der Waals surface area contributed by atoms with Crippen LogP contribution >= 0.6 is 12.2 Å². The number of hydrogen-bond donors (Lipinski definition) is 3. The number of benzene rings is 1. The zero-order valence-corrected chi connectivity index (χ0v) is 12.0. The molecule has 9 heteroatoms. The van der Waals surface area contributed by atoms with Crippen LogP contribution < -0.4 is 15.5 Å². The molecule has 0 spiro atoms. The number of nitrogens with one attached hydrogen (secondary N) is 2. The normalized spacial score (nSPS) is 10.1. The summed E-state index contributed by atoms with van der Waals surface area (Å²) in [7, 11) is 1.30. The lowest BCUT2D eigenvalue weighted by Gasteiger charge is -2.05. The first-order valence-corrected chi connectivity index (χ1v) is 6.13. The van der Waals surface area contributed by atoms with E-state index < -0.39 is 16.4 Å². The Balaban J connectivity index is 2.88. The van der Waals surface area contributed by atoms with Crippen molar-refractivity contribution in [2.24, 2.45) is 5.10 Å². The monoisotopic (exact) mass is 310 g/mol. The lowest BCUT2D eigenvalue weighted by Crippen LogP contribution is -2.31. The van der Waals surface area contributed by atoms with Crippen LogP contribution in [-0.2, 0) is 0 Å². The fraction of sp³-hybridized carbons (Fsp3) is 0.167. The number of hydrogen-bond acceptors (Lipinski definition) is 6. The van der Waals surface area contributed by atoms with Crippen molar-refractivity contribution in [3.8, 4) is 11.5 Å². The molecule has 0 saturated heterocycles. The van der Waals surface area contributed by atoms with Crippen LogP contribution in [0.5, 0.6) is 11.5 Å². The van der Waals surface area contributed by atoms with Gasteiger partial charge in [-0.25, -0.2) is 0 Å². The molecular weight excluding hydrogens is 296 g/mol. The Labute approximate surface area is 126 Å². The minimum absolute atomic E-state index is 0.0157. The van der Waals surface area contributed by atoms with Gasteiger partial charge in [0, 0.05) is 18.2 Å². The summed E-state index contributed by atoms with van der Waals surface area (Å²) >= 11 is 4.91. The number of methoxy groups -OCH3 is 1. The number of phenolic OH excluding ortho intramolecular Hbond substituents is 1. The Morgan fingerprint density at radius 2 is 2.38 bits per heavy atom. The van der Waals surface area contributed by atoms with E-state index >= 15 is 0 Å². The summed E-state index contributed by atoms with van der Waals surface area (Å²) in [6, 6.07) is 2.58. The van der Waals surface area contributed by atoms with Crippen LogP contribution in [0.15, 0.2) is 29.9 Å². The predicted octanol–water partition coefficient (Wildman–Crippen LogP) is 1.29. The molecule has 0 heterocycles. The van der Waals surface area contributed by atoms with Crippen molar-refractivity contribution in [1.29, 1.82) is 0 Å². The second kappa shape index (κ2) is 7.80. The number of hydrazone groups is 1. The highest BCUT2D eigenvalue weighted by atomic mass is 32.1. The van der Waals surface area contributed by atoms with Gasteiger partial charge >= 0.3 is 5.69 Å². The maximum atomic E-state index is 10.8. The first-order valence-electron chi connectivity index (χ1n) is 5.72. The first-order chi connectivity index (χ1) is 9.99. The van der Waals surface area contributed by atoms with Gasteiger partial charge in [-0.3, -0.25) is 15.5 Å². The Morgan fingerprint density at radius 3 is 2.95 bits per heavy atom. The molecule has 1 rings (SSSR count). The molecule has 0 aliphatic rings. The van der Waals surface area contributed by atoms with Gasteiger partial charge < -0.3 is 15.2 Å². The van der Waals surface area contributed by atoms with Crippen LogP contribution in [0.25, 0.3) is 0 Å². The third-order valence-electron chi connectivity index (χ3n) is 2.28. The van der Waals surface area contributed by atoms with Gasteiger partial charge in [-0.05, 0) is 18.3 Å². The van der Waals surface area contributed by atoms with E-state index in [1.165, 1.54) is 25.5 Å². The molecule has 112 valence electrons. The van der Waals surface area contributed by atoms with Crippen molar-refractivity contribution in [1.82, 2.24) is 10.7 Å². The predicted molar refractivity (Wildman–Crippen MR) is 82.8 cm³/mol. The molecular formula is C12H14N4O4S. The topological polar surface area (TPSA) is 109 Å². The molecule has 0 atom stereocenters. The molecule has 0 saturated carbocycles. The number of ether oxygens (including phenoxy) is 1. The summed E-state index contributed by atoms with van der Waals surface area (Å²) < 4.78 is 4.87. The Hall–Kier alpha value is -2.68. The Bertz CT molecular complexity index is 589. The summed E-state index contributed by atoms with van der Waals surface area (Å²) in [5.74, 6) is -0.547. The van der Waals surface area contributed by atoms with E-state index in [1.54, 1.807) is 6.08 Å². The molecule has 0 aliphatic carbocycles. The van der Waals surface area contributed by atoms with Crippen molar-refractivity contribution >= 4 is 29.2 Å². The molecule has 0 aromatic heterocycles. The van der Waals surface area contributed by atoms with Crippen LogP contribution in [0.3, 0.4) is 0 Å². The zero-order chi connectivity index (χ0) is 15.8. The third-order valence-corrected chi connectivity index (χ3v) is 2.52. The number of aromatic hydroxyl groups is 1. The number of thiocarbonyl (C=S) groups is 1. The van der Waals surface area contributed by atoms with Gasteiger partial charge in [-0.15, -0.1) is 6.58 Å². The van der Waals surface area contributed by atoms with Gasteiger partial charge in [0.2, 0.25) is 5.75 Å². The molecule has 21 heavy (non-hydrogen) atoms. The van der Waals surface area contributed by atoms with Crippen LogP contribution in [0.1, 0.15) is 5.56 Å². The number of rotatable bonds is 6. The Morgan fingerprint density at radius 1 is 1.67 bits per heavy atom. The largest absolute Gasteiger partial charge is 0.500 e. The van der Waals surface area contributed by atoms with Crippen LogP contribution in [-0.4, -0.2) is 35.0 Å². The fourth-order valence-corrected chi connectivity index (χ4v) is 1.49. The molecule has 0 unspecified atom stereocenters. The van der Waals surface area contributed by atoms with E-state index in [0.29, 0.717) is 12.1 Å². The SMILES string of the molecule is C=CCNC(=S)N/N=C/c1cc(OC)c(O)c([N+](=O)[O-])c1. The molecule has 0 radical (unpaired) electrons. The molecule has 0 amide bonds. The van der Waals surface area contributed by atoms with Gasteiger partial charge in [-0.2, -0.15) is 5.10 Å². The van der Waals surface area contributed by atoms with Gasteiger partial charge in [0.25, 0.3) is 0 Å². The van der Waals surface area contributed by atoms with Gasteiger partial charge in [0.15, 0.2) is 10.9 Å². The van der Waals surface area contributed by atoms with Crippen molar-refractivity contribution in [3.63, 3.8) is 0 Å². The van der Waals surface area contributed by atoms with E-state index in [2.05, 4.69) is 22.4 Å². The maximum absolute atomic E-state index is 10.8. The summed E-state index contributed by atoms with van der Waals surface area (Å²) in [4.78, 5) is 10.1. The zero-order valence-electron chi connectivity index (χ0n) is 11.2. The minimum atomic E-state index is -0.709. The van der Waals surface area contributed by atoms with Crippen molar-refractivity contribution in [2.45, 2.75) is 0 Å². The van der Waals surface area contributed by atoms with Crippen LogP contribution in [0, 0.1) is 10.1 Å².